The van der Waals surface area contributed by atoms with E-state index in [0.29, 0.717) is 25.9 Å². The van der Waals surface area contributed by atoms with Crippen molar-refractivity contribution in [2.24, 2.45) is 17.8 Å². The minimum Gasteiger partial charge on any atom is -0.466 e. The maximum Gasteiger partial charge on any atom is 0.312 e. The number of carbonyl (C=O) groups is 3. The van der Waals surface area contributed by atoms with Crippen molar-refractivity contribution in [1.82, 2.24) is 9.80 Å². The number of amides is 2. The molecule has 3 saturated heterocycles. The number of rotatable bonds is 13. The number of hydrogen-bond donors (Lipinski definition) is 1. The Labute approximate surface area is 217 Å². The van der Waals surface area contributed by atoms with E-state index in [0.717, 1.165) is 19.3 Å². The molecule has 0 radical (unpaired) electrons. The number of unbranched alkanes of at least 4 members (excludes halogenated alkanes) is 2. The lowest BCUT2D eigenvalue weighted by Crippen LogP contribution is -2.59. The molecule has 3 rings (SSSR count). The lowest BCUT2D eigenvalue weighted by Gasteiger charge is -2.39. The summed E-state index contributed by atoms with van der Waals surface area (Å²) >= 11 is 3.66. The monoisotopic (exact) mass is 556 g/mol. The summed E-state index contributed by atoms with van der Waals surface area (Å²) in [6.07, 6.45) is 4.99. The van der Waals surface area contributed by atoms with Gasteiger partial charge in [-0.15, -0.1) is 6.58 Å². The van der Waals surface area contributed by atoms with E-state index < -0.39 is 41.6 Å². The number of esters is 1. The molecular formula is C26H41BrN2O6. The van der Waals surface area contributed by atoms with Gasteiger partial charge in [-0.05, 0) is 32.1 Å². The number of carbonyl (C=O) groups excluding carboxylic acids is 3. The van der Waals surface area contributed by atoms with Gasteiger partial charge in [0.2, 0.25) is 11.8 Å². The van der Waals surface area contributed by atoms with E-state index in [-0.39, 0.29) is 35.8 Å². The van der Waals surface area contributed by atoms with Gasteiger partial charge >= 0.3 is 5.97 Å². The lowest BCUT2D eigenvalue weighted by molar-refractivity contribution is -0.156. The third kappa shape index (κ3) is 5.05. The summed E-state index contributed by atoms with van der Waals surface area (Å²) < 4.78 is 11.8. The predicted octanol–water partition coefficient (Wildman–Crippen LogP) is 2.91. The van der Waals surface area contributed by atoms with Gasteiger partial charge in [0.05, 0.1) is 37.2 Å². The largest absolute Gasteiger partial charge is 0.466 e. The number of hydrogen-bond acceptors (Lipinski definition) is 6. The molecule has 0 saturated carbocycles. The second kappa shape index (κ2) is 11.7. The molecule has 3 fully saturated rings. The summed E-state index contributed by atoms with van der Waals surface area (Å²) in [6, 6.07) is -1.46. The first-order valence-electron chi connectivity index (χ1n) is 13.0. The number of likely N-dealkylation sites (tertiary alicyclic amines) is 1. The van der Waals surface area contributed by atoms with Crippen LogP contribution in [0.3, 0.4) is 0 Å². The zero-order valence-electron chi connectivity index (χ0n) is 21.5. The van der Waals surface area contributed by atoms with Crippen molar-refractivity contribution in [3.63, 3.8) is 0 Å². The Morgan fingerprint density at radius 3 is 2.66 bits per heavy atom. The van der Waals surface area contributed by atoms with Crippen LogP contribution in [0.15, 0.2) is 12.7 Å². The van der Waals surface area contributed by atoms with Gasteiger partial charge in [-0.3, -0.25) is 14.4 Å². The Morgan fingerprint density at radius 2 is 2.09 bits per heavy atom. The molecule has 9 heteroatoms. The highest BCUT2D eigenvalue weighted by atomic mass is 79.9. The van der Waals surface area contributed by atoms with Gasteiger partial charge in [0.15, 0.2) is 0 Å². The molecule has 0 aromatic heterocycles. The Bertz CT molecular complexity index is 807. The van der Waals surface area contributed by atoms with Gasteiger partial charge < -0.3 is 24.4 Å². The number of ether oxygens (including phenoxy) is 2. The number of halogens is 1. The van der Waals surface area contributed by atoms with E-state index >= 15 is 0 Å². The maximum absolute atomic E-state index is 14.2. The van der Waals surface area contributed by atoms with E-state index in [2.05, 4.69) is 29.4 Å². The quantitative estimate of drug-likeness (QED) is 0.162. The summed E-state index contributed by atoms with van der Waals surface area (Å²) in [5, 5.41) is 10.3. The molecule has 7 atom stereocenters. The number of fused-ring (bicyclic) bond motifs is 1. The molecule has 3 heterocycles. The predicted molar refractivity (Wildman–Crippen MR) is 136 cm³/mol. The highest BCUT2D eigenvalue weighted by molar-refractivity contribution is 9.09. The minimum atomic E-state index is -1.14. The highest BCUT2D eigenvalue weighted by Gasteiger charge is 2.77. The third-order valence-electron chi connectivity index (χ3n) is 7.56. The fourth-order valence-corrected chi connectivity index (χ4v) is 7.18. The summed E-state index contributed by atoms with van der Waals surface area (Å²) in [5.74, 6) is -2.36. The molecule has 0 aliphatic carbocycles. The van der Waals surface area contributed by atoms with E-state index in [9.17, 15) is 19.5 Å². The Morgan fingerprint density at radius 1 is 1.37 bits per heavy atom. The molecule has 3 aliphatic heterocycles. The van der Waals surface area contributed by atoms with E-state index in [1.807, 2.05) is 13.8 Å². The average Bonchev–Trinajstić information content (AvgIpc) is 3.40. The molecule has 35 heavy (non-hydrogen) atoms. The van der Waals surface area contributed by atoms with Crippen molar-refractivity contribution in [2.75, 3.05) is 26.3 Å². The zero-order chi connectivity index (χ0) is 25.9. The SMILES string of the molecule is C=CCN(CCCCC)C(=O)C1N([C@@H](CO)CC(C)C)C(=O)[C@@H]2[C@H](C(=O)OCC)[C@H]3OC12CC3Br. The number of nitrogens with zero attached hydrogens (tertiary/aromatic N) is 2. The van der Waals surface area contributed by atoms with E-state index in [1.54, 1.807) is 22.8 Å². The van der Waals surface area contributed by atoms with Crippen molar-refractivity contribution in [3.8, 4) is 0 Å². The number of aliphatic hydroxyl groups is 1. The smallest absolute Gasteiger partial charge is 0.312 e. The third-order valence-corrected chi connectivity index (χ3v) is 8.40. The van der Waals surface area contributed by atoms with Crippen LogP contribution in [-0.2, 0) is 23.9 Å². The fourth-order valence-electron chi connectivity index (χ4n) is 6.24. The summed E-state index contributed by atoms with van der Waals surface area (Å²) in [5.41, 5.74) is -1.14. The van der Waals surface area contributed by atoms with Crippen molar-refractivity contribution < 1.29 is 29.0 Å². The van der Waals surface area contributed by atoms with Crippen LogP contribution >= 0.6 is 15.9 Å². The van der Waals surface area contributed by atoms with Crippen molar-refractivity contribution in [1.29, 1.82) is 0 Å². The molecule has 0 aromatic carbocycles. The molecule has 1 N–H and O–H groups in total. The molecule has 2 bridgehead atoms. The second-order valence-electron chi connectivity index (χ2n) is 10.4. The normalized spacial score (nSPS) is 32.1. The Balaban J connectivity index is 2.08. The highest BCUT2D eigenvalue weighted by Crippen LogP contribution is 2.60. The molecular weight excluding hydrogens is 516 g/mol. The number of aliphatic hydroxyl groups excluding tert-OH is 1. The van der Waals surface area contributed by atoms with Gasteiger partial charge in [0.1, 0.15) is 11.6 Å². The van der Waals surface area contributed by atoms with E-state index in [4.69, 9.17) is 9.47 Å². The molecule has 3 unspecified atom stereocenters. The number of alkyl halides is 1. The molecule has 1 spiro atoms. The standard InChI is InChI=1S/C26H41BrN2O6/c1-6-9-10-12-28(11-7-2)24(32)22-26-14-18(27)21(35-26)19(25(33)34-8-3)20(26)23(31)29(22)17(15-30)13-16(4)5/h7,16-22,30H,2,6,8-15H2,1,3-5H3/t17-,18?,19+,20+,21+,22?,26?/m1/s1. The van der Waals surface area contributed by atoms with Crippen LogP contribution in [-0.4, -0.2) is 87.6 Å². The first-order chi connectivity index (χ1) is 16.7. The summed E-state index contributed by atoms with van der Waals surface area (Å²) in [6.45, 7) is 12.6. The first-order valence-corrected chi connectivity index (χ1v) is 13.9. The van der Waals surface area contributed by atoms with E-state index in [1.165, 1.54) is 0 Å². The van der Waals surface area contributed by atoms with Crippen LogP contribution in [0.2, 0.25) is 0 Å². The lowest BCUT2D eigenvalue weighted by atomic mass is 9.70. The molecule has 0 aromatic rings. The minimum absolute atomic E-state index is 0.179. The molecule has 198 valence electrons. The summed E-state index contributed by atoms with van der Waals surface area (Å²) in [4.78, 5) is 44.4. The Hall–Kier alpha value is -1.45. The maximum atomic E-state index is 14.2. The van der Waals surface area contributed by atoms with Gasteiger partial charge in [0, 0.05) is 17.9 Å². The average molecular weight is 558 g/mol. The van der Waals surface area contributed by atoms with Gasteiger partial charge in [-0.1, -0.05) is 55.6 Å². The van der Waals surface area contributed by atoms with Crippen LogP contribution in [0.1, 0.15) is 59.8 Å². The second-order valence-corrected chi connectivity index (χ2v) is 11.6. The zero-order valence-corrected chi connectivity index (χ0v) is 23.0. The summed E-state index contributed by atoms with van der Waals surface area (Å²) in [7, 11) is 0. The molecule has 2 amide bonds. The van der Waals surface area contributed by atoms with Crippen LogP contribution in [0.5, 0.6) is 0 Å². The van der Waals surface area contributed by atoms with Crippen LogP contribution in [0, 0.1) is 17.8 Å². The van der Waals surface area contributed by atoms with Gasteiger partial charge in [-0.2, -0.15) is 0 Å². The Kier molecular flexibility index (Phi) is 9.43. The molecule has 3 aliphatic rings. The van der Waals surface area contributed by atoms with Crippen molar-refractivity contribution in [2.45, 2.75) is 88.4 Å². The van der Waals surface area contributed by atoms with Gasteiger partial charge in [0.25, 0.3) is 0 Å². The topological polar surface area (TPSA) is 96.4 Å². The first kappa shape index (κ1) is 28.1. The van der Waals surface area contributed by atoms with Crippen LogP contribution in [0.4, 0.5) is 0 Å². The van der Waals surface area contributed by atoms with Crippen molar-refractivity contribution in [3.05, 3.63) is 12.7 Å². The van der Waals surface area contributed by atoms with Crippen LogP contribution < -0.4 is 0 Å². The van der Waals surface area contributed by atoms with Crippen LogP contribution in [0.25, 0.3) is 0 Å². The van der Waals surface area contributed by atoms with Gasteiger partial charge in [-0.25, -0.2) is 0 Å². The fraction of sp³-hybridized carbons (Fsp3) is 0.808. The van der Waals surface area contributed by atoms with Crippen molar-refractivity contribution >= 4 is 33.7 Å². The molecule has 8 nitrogen and oxygen atoms in total.